The first-order valence-corrected chi connectivity index (χ1v) is 6.19. The number of rotatable bonds is 4. The summed E-state index contributed by atoms with van der Waals surface area (Å²) in [6, 6.07) is 0. The van der Waals surface area contributed by atoms with E-state index in [9.17, 15) is 24.0 Å². The molecule has 0 aromatic carbocycles. The van der Waals surface area contributed by atoms with Gasteiger partial charge in [0.25, 0.3) is 23.6 Å². The summed E-state index contributed by atoms with van der Waals surface area (Å²) < 4.78 is 0.787. The molecule has 100 valence electrons. The van der Waals surface area contributed by atoms with Gasteiger partial charge in [-0.2, -0.15) is 0 Å². The predicted molar refractivity (Wildman–Crippen MR) is 60.6 cm³/mol. The molecule has 0 N–H and O–H groups in total. The molecule has 0 bridgehead atoms. The Morgan fingerprint density at radius 3 is 2.16 bits per heavy atom. The van der Waals surface area contributed by atoms with Crippen LogP contribution in [0.3, 0.4) is 0 Å². The largest absolute Gasteiger partial charge is 0.344 e. The van der Waals surface area contributed by atoms with Crippen LogP contribution in [0.2, 0.25) is 0 Å². The Morgan fingerprint density at radius 1 is 1.11 bits per heavy atom. The van der Waals surface area contributed by atoms with Gasteiger partial charge in [-0.1, -0.05) is 0 Å². The van der Waals surface area contributed by atoms with Crippen molar-refractivity contribution in [2.45, 2.75) is 12.8 Å². The molecule has 0 aliphatic carbocycles. The summed E-state index contributed by atoms with van der Waals surface area (Å²) in [4.78, 5) is 60.7. The normalized spacial score (nSPS) is 18.7. The van der Waals surface area contributed by atoms with E-state index in [1.165, 1.54) is 0 Å². The lowest BCUT2D eigenvalue weighted by molar-refractivity contribution is -0.195. The van der Waals surface area contributed by atoms with E-state index in [1.807, 2.05) is 0 Å². The molecule has 0 atom stereocenters. The topological polar surface area (TPSA) is 101 Å². The van der Waals surface area contributed by atoms with Crippen LogP contribution in [0, 0.1) is 0 Å². The molecular weight excluding hydrogens is 276 g/mol. The highest BCUT2D eigenvalue weighted by molar-refractivity contribution is 7.98. The molecule has 9 heteroatoms. The van der Waals surface area contributed by atoms with Crippen LogP contribution in [-0.4, -0.2) is 44.7 Å². The van der Waals surface area contributed by atoms with Crippen molar-refractivity contribution in [3.63, 3.8) is 0 Å². The van der Waals surface area contributed by atoms with Crippen molar-refractivity contribution in [3.05, 3.63) is 12.2 Å². The molecule has 0 aromatic rings. The summed E-state index contributed by atoms with van der Waals surface area (Å²) in [7, 11) is 0. The first kappa shape index (κ1) is 13.3. The number of hydrogen-bond acceptors (Lipinski definition) is 7. The Balaban J connectivity index is 1.82. The van der Waals surface area contributed by atoms with Crippen LogP contribution in [-0.2, 0) is 28.8 Å². The third-order valence-electron chi connectivity index (χ3n) is 2.28. The second kappa shape index (κ2) is 5.22. The number of imide groups is 2. The summed E-state index contributed by atoms with van der Waals surface area (Å²) in [5.74, 6) is -3.51. The van der Waals surface area contributed by atoms with Gasteiger partial charge in [0.05, 0.1) is 0 Å². The van der Waals surface area contributed by atoms with E-state index in [0.717, 1.165) is 16.5 Å². The van der Waals surface area contributed by atoms with Crippen LogP contribution >= 0.6 is 11.9 Å². The molecule has 2 rings (SSSR count). The molecule has 0 spiro atoms. The maximum absolute atomic E-state index is 11.4. The summed E-state index contributed by atoms with van der Waals surface area (Å²) in [6.45, 7) is 0. The summed E-state index contributed by atoms with van der Waals surface area (Å²) in [5.41, 5.74) is 0. The minimum Gasteiger partial charge on any atom is -0.329 e. The molecular formula is C10H8N2O6S. The van der Waals surface area contributed by atoms with Gasteiger partial charge >= 0.3 is 5.97 Å². The maximum atomic E-state index is 11.4. The smallest absolute Gasteiger partial charge is 0.329 e. The molecule has 2 heterocycles. The zero-order chi connectivity index (χ0) is 14.0. The number of carbonyl (C=O) groups excluding carboxylic acids is 5. The summed E-state index contributed by atoms with van der Waals surface area (Å²) in [6.07, 6.45) is 2.17. The lowest BCUT2D eigenvalue weighted by Crippen LogP contribution is -2.33. The lowest BCUT2D eigenvalue weighted by Gasteiger charge is -2.14. The van der Waals surface area contributed by atoms with E-state index in [4.69, 9.17) is 0 Å². The fraction of sp³-hybridized carbons (Fsp3) is 0.300. The fourth-order valence-electron chi connectivity index (χ4n) is 1.42. The average molecular weight is 284 g/mol. The van der Waals surface area contributed by atoms with Gasteiger partial charge < -0.3 is 4.84 Å². The van der Waals surface area contributed by atoms with Gasteiger partial charge in [0, 0.05) is 25.0 Å². The molecule has 0 radical (unpaired) electrons. The standard InChI is InChI=1S/C10H8N2O6S/c13-6-1-2-7(14)11(6)18-10(17)5-19-12-8(15)3-4-9(12)16/h3-4H,1-2,5H2. The van der Waals surface area contributed by atoms with Crippen LogP contribution in [0.1, 0.15) is 12.8 Å². The Kier molecular flexibility index (Phi) is 3.65. The monoisotopic (exact) mass is 284 g/mol. The van der Waals surface area contributed by atoms with E-state index in [0.29, 0.717) is 17.0 Å². The van der Waals surface area contributed by atoms with Crippen LogP contribution in [0.4, 0.5) is 0 Å². The van der Waals surface area contributed by atoms with Crippen molar-refractivity contribution in [1.82, 2.24) is 9.37 Å². The SMILES string of the molecule is O=C(CSN1C(=O)C=CC1=O)ON1C(=O)CCC1=O. The molecule has 8 nitrogen and oxygen atoms in total. The number of amides is 4. The minimum atomic E-state index is -0.888. The summed E-state index contributed by atoms with van der Waals surface area (Å²) in [5, 5.41) is 0.411. The first-order valence-electron chi connectivity index (χ1n) is 5.24. The van der Waals surface area contributed by atoms with Crippen LogP contribution in [0.25, 0.3) is 0 Å². The predicted octanol–water partition coefficient (Wildman–Crippen LogP) is -0.833. The quantitative estimate of drug-likeness (QED) is 0.490. The average Bonchev–Trinajstić information content (AvgIpc) is 2.84. The third-order valence-corrected chi connectivity index (χ3v) is 3.26. The van der Waals surface area contributed by atoms with Gasteiger partial charge in [-0.25, -0.2) is 9.10 Å². The maximum Gasteiger partial charge on any atom is 0.344 e. The van der Waals surface area contributed by atoms with Gasteiger partial charge in [0.1, 0.15) is 5.75 Å². The van der Waals surface area contributed by atoms with Gasteiger partial charge in [0.15, 0.2) is 0 Å². The van der Waals surface area contributed by atoms with Crippen molar-refractivity contribution in [1.29, 1.82) is 0 Å². The van der Waals surface area contributed by atoms with E-state index < -0.39 is 29.6 Å². The molecule has 2 aliphatic heterocycles. The minimum absolute atomic E-state index is 0.00622. The second-order valence-corrected chi connectivity index (χ2v) is 4.53. The van der Waals surface area contributed by atoms with E-state index in [2.05, 4.69) is 4.84 Å². The molecule has 0 saturated carbocycles. The highest BCUT2D eigenvalue weighted by atomic mass is 32.2. The molecule has 4 amide bonds. The first-order chi connectivity index (χ1) is 8.99. The van der Waals surface area contributed by atoms with Crippen molar-refractivity contribution in [2.24, 2.45) is 0 Å². The van der Waals surface area contributed by atoms with Crippen LogP contribution in [0.5, 0.6) is 0 Å². The molecule has 0 unspecified atom stereocenters. The van der Waals surface area contributed by atoms with Gasteiger partial charge in [-0.3, -0.25) is 19.2 Å². The molecule has 2 aliphatic rings. The van der Waals surface area contributed by atoms with Crippen molar-refractivity contribution in [2.75, 3.05) is 5.75 Å². The molecule has 1 fully saturated rings. The number of hydroxylamine groups is 2. The zero-order valence-electron chi connectivity index (χ0n) is 9.53. The molecule has 19 heavy (non-hydrogen) atoms. The van der Waals surface area contributed by atoms with Crippen molar-refractivity contribution < 1.29 is 28.8 Å². The second-order valence-electron chi connectivity index (χ2n) is 3.62. The van der Waals surface area contributed by atoms with Crippen LogP contribution < -0.4 is 0 Å². The molecule has 1 saturated heterocycles. The number of hydrogen-bond donors (Lipinski definition) is 0. The Labute approximate surface area is 111 Å². The van der Waals surface area contributed by atoms with E-state index in [1.54, 1.807) is 0 Å². The highest BCUT2D eigenvalue weighted by Gasteiger charge is 2.33. The highest BCUT2D eigenvalue weighted by Crippen LogP contribution is 2.18. The van der Waals surface area contributed by atoms with E-state index in [-0.39, 0.29) is 18.6 Å². The number of carbonyl (C=O) groups is 5. The van der Waals surface area contributed by atoms with Crippen molar-refractivity contribution >= 4 is 41.5 Å². The number of nitrogens with zero attached hydrogens (tertiary/aromatic N) is 2. The molecule has 0 aromatic heterocycles. The van der Waals surface area contributed by atoms with E-state index >= 15 is 0 Å². The van der Waals surface area contributed by atoms with Gasteiger partial charge in [-0.15, -0.1) is 5.06 Å². The Bertz CT molecular complexity index is 480. The Morgan fingerprint density at radius 2 is 1.63 bits per heavy atom. The van der Waals surface area contributed by atoms with Gasteiger partial charge in [-0.05, 0) is 11.9 Å². The van der Waals surface area contributed by atoms with Crippen LogP contribution in [0.15, 0.2) is 12.2 Å². The summed E-state index contributed by atoms with van der Waals surface area (Å²) >= 11 is 0.642. The fourth-order valence-corrected chi connectivity index (χ4v) is 2.08. The third kappa shape index (κ3) is 2.81. The van der Waals surface area contributed by atoms with Gasteiger partial charge in [0.2, 0.25) is 0 Å². The zero-order valence-corrected chi connectivity index (χ0v) is 10.3. The Hall–Kier alpha value is -2.16. The van der Waals surface area contributed by atoms with Crippen molar-refractivity contribution in [3.8, 4) is 0 Å². The lowest BCUT2D eigenvalue weighted by atomic mass is 10.4.